The molecular formula is C28H24ClN5O4S. The highest BCUT2D eigenvalue weighted by Crippen LogP contribution is 2.27. The summed E-state index contributed by atoms with van der Waals surface area (Å²) in [6, 6.07) is 22.3. The third-order valence-corrected chi connectivity index (χ3v) is 7.04. The summed E-state index contributed by atoms with van der Waals surface area (Å²) in [5, 5.41) is 23.4. The minimum atomic E-state index is -0.479. The molecule has 0 spiro atoms. The van der Waals surface area contributed by atoms with E-state index in [-0.39, 0.29) is 36.5 Å². The summed E-state index contributed by atoms with van der Waals surface area (Å²) in [7, 11) is 0. The van der Waals surface area contributed by atoms with E-state index in [1.54, 1.807) is 35.2 Å². The molecular weight excluding hydrogens is 538 g/mol. The van der Waals surface area contributed by atoms with E-state index in [1.807, 2.05) is 49.4 Å². The van der Waals surface area contributed by atoms with Gasteiger partial charge in [-0.2, -0.15) is 0 Å². The zero-order chi connectivity index (χ0) is 27.8. The molecule has 9 nitrogen and oxygen atoms in total. The number of nitrogens with zero attached hydrogens (tertiary/aromatic N) is 4. The summed E-state index contributed by atoms with van der Waals surface area (Å²) >= 11 is 7.18. The third kappa shape index (κ3) is 7.56. The standard InChI is InChI=1S/C28H24ClN5O4S/c1-19(21-5-3-2-4-6-21)33(26(36)16-9-20-7-14-24(15-8-20)34(37)38)18-17-25(35)30-28-32-31-27(39-28)22-10-12-23(29)13-11-22/h2-16,19H,17-18H2,1H3,(H,30,32,35)/b16-9+/t19-/m0/s1. The number of nitrogens with one attached hydrogen (secondary N) is 1. The zero-order valence-electron chi connectivity index (χ0n) is 20.9. The molecule has 3 aromatic carbocycles. The summed E-state index contributed by atoms with van der Waals surface area (Å²) < 4.78 is 0. The monoisotopic (exact) mass is 561 g/mol. The second kappa shape index (κ2) is 12.9. The van der Waals surface area contributed by atoms with Crippen LogP contribution in [0.15, 0.2) is 84.9 Å². The third-order valence-electron chi connectivity index (χ3n) is 5.90. The highest BCUT2D eigenvalue weighted by atomic mass is 35.5. The molecule has 198 valence electrons. The van der Waals surface area contributed by atoms with Gasteiger partial charge in [-0.25, -0.2) is 0 Å². The van der Waals surface area contributed by atoms with E-state index < -0.39 is 4.92 Å². The Morgan fingerprint density at radius 1 is 1.05 bits per heavy atom. The van der Waals surface area contributed by atoms with Crippen LogP contribution in [-0.2, 0) is 9.59 Å². The van der Waals surface area contributed by atoms with Crippen molar-refractivity contribution < 1.29 is 14.5 Å². The highest BCUT2D eigenvalue weighted by molar-refractivity contribution is 7.18. The Labute approximate surface area is 233 Å². The molecule has 0 bridgehead atoms. The molecule has 1 aromatic heterocycles. The van der Waals surface area contributed by atoms with Crippen molar-refractivity contribution in [2.24, 2.45) is 0 Å². The summed E-state index contributed by atoms with van der Waals surface area (Å²) in [5.41, 5.74) is 2.38. The van der Waals surface area contributed by atoms with Gasteiger partial charge in [-0.3, -0.25) is 19.7 Å². The van der Waals surface area contributed by atoms with Gasteiger partial charge in [-0.1, -0.05) is 65.4 Å². The molecule has 0 saturated heterocycles. The van der Waals surface area contributed by atoms with Crippen LogP contribution in [0.5, 0.6) is 0 Å². The fourth-order valence-electron chi connectivity index (χ4n) is 3.76. The van der Waals surface area contributed by atoms with Crippen LogP contribution in [0, 0.1) is 10.1 Å². The number of non-ortho nitro benzene ring substituents is 1. The second-order valence-corrected chi connectivity index (χ2v) is 9.93. The van der Waals surface area contributed by atoms with E-state index in [1.165, 1.54) is 29.5 Å². The zero-order valence-corrected chi connectivity index (χ0v) is 22.4. The van der Waals surface area contributed by atoms with Crippen molar-refractivity contribution in [2.75, 3.05) is 11.9 Å². The second-order valence-electron chi connectivity index (χ2n) is 8.52. The molecule has 0 saturated carbocycles. The first-order valence-electron chi connectivity index (χ1n) is 12.0. The number of hydrogen-bond donors (Lipinski definition) is 1. The van der Waals surface area contributed by atoms with E-state index in [4.69, 9.17) is 11.6 Å². The number of carbonyl (C=O) groups excluding carboxylic acids is 2. The fourth-order valence-corrected chi connectivity index (χ4v) is 4.65. The van der Waals surface area contributed by atoms with Crippen molar-refractivity contribution in [1.82, 2.24) is 15.1 Å². The van der Waals surface area contributed by atoms with Crippen LogP contribution in [0.3, 0.4) is 0 Å². The summed E-state index contributed by atoms with van der Waals surface area (Å²) in [4.78, 5) is 38.0. The van der Waals surface area contributed by atoms with Gasteiger partial charge in [0, 0.05) is 41.8 Å². The lowest BCUT2D eigenvalue weighted by Gasteiger charge is -2.28. The molecule has 4 rings (SSSR count). The highest BCUT2D eigenvalue weighted by Gasteiger charge is 2.21. The number of carbonyl (C=O) groups is 2. The number of benzene rings is 3. The molecule has 2 amide bonds. The molecule has 39 heavy (non-hydrogen) atoms. The van der Waals surface area contributed by atoms with Crippen LogP contribution >= 0.6 is 22.9 Å². The predicted molar refractivity (Wildman–Crippen MR) is 152 cm³/mol. The van der Waals surface area contributed by atoms with Crippen molar-refractivity contribution in [3.63, 3.8) is 0 Å². The van der Waals surface area contributed by atoms with Gasteiger partial charge in [0.25, 0.3) is 5.69 Å². The molecule has 11 heteroatoms. The number of halogens is 1. The first kappa shape index (κ1) is 27.6. The topological polar surface area (TPSA) is 118 Å². The number of nitro benzene ring substituents is 1. The lowest BCUT2D eigenvalue weighted by Crippen LogP contribution is -2.35. The van der Waals surface area contributed by atoms with Crippen molar-refractivity contribution in [3.05, 3.63) is 111 Å². The lowest BCUT2D eigenvalue weighted by atomic mass is 10.1. The van der Waals surface area contributed by atoms with Crippen molar-refractivity contribution >= 4 is 51.6 Å². The van der Waals surface area contributed by atoms with E-state index in [0.29, 0.717) is 20.7 Å². The molecule has 1 atom stereocenters. The number of anilines is 1. The number of hydrogen-bond acceptors (Lipinski definition) is 7. The summed E-state index contributed by atoms with van der Waals surface area (Å²) in [5.74, 6) is -0.593. The van der Waals surface area contributed by atoms with Gasteiger partial charge in [-0.15, -0.1) is 10.2 Å². The van der Waals surface area contributed by atoms with Crippen molar-refractivity contribution in [1.29, 1.82) is 0 Å². The average molecular weight is 562 g/mol. The molecule has 1 heterocycles. The van der Waals surface area contributed by atoms with E-state index in [9.17, 15) is 19.7 Å². The van der Waals surface area contributed by atoms with Gasteiger partial charge < -0.3 is 10.2 Å². The minimum absolute atomic E-state index is 0.0282. The molecule has 0 unspecified atom stereocenters. The fraction of sp³-hybridized carbons (Fsp3) is 0.143. The van der Waals surface area contributed by atoms with Crippen LogP contribution < -0.4 is 5.32 Å². The lowest BCUT2D eigenvalue weighted by molar-refractivity contribution is -0.384. The Morgan fingerprint density at radius 2 is 1.74 bits per heavy atom. The molecule has 4 aromatic rings. The number of aromatic nitrogens is 2. The smallest absolute Gasteiger partial charge is 0.269 e. The summed E-state index contributed by atoms with van der Waals surface area (Å²) in [6.45, 7) is 2.06. The van der Waals surface area contributed by atoms with Gasteiger partial charge in [0.05, 0.1) is 11.0 Å². The molecule has 1 N–H and O–H groups in total. The maximum atomic E-state index is 13.2. The van der Waals surface area contributed by atoms with Gasteiger partial charge in [0.15, 0.2) is 0 Å². The Bertz CT molecular complexity index is 1470. The normalized spacial score (nSPS) is 11.7. The Hall–Kier alpha value is -4.41. The Balaban J connectivity index is 1.43. The maximum absolute atomic E-state index is 13.2. The molecule has 0 fully saturated rings. The molecule has 0 aliphatic heterocycles. The van der Waals surface area contributed by atoms with Crippen LogP contribution in [0.1, 0.15) is 30.5 Å². The Kier molecular flexibility index (Phi) is 9.14. The van der Waals surface area contributed by atoms with Gasteiger partial charge >= 0.3 is 0 Å². The van der Waals surface area contributed by atoms with Gasteiger partial charge in [0.1, 0.15) is 5.01 Å². The van der Waals surface area contributed by atoms with E-state index in [2.05, 4.69) is 15.5 Å². The molecule has 0 aliphatic rings. The number of nitro groups is 1. The van der Waals surface area contributed by atoms with Crippen LogP contribution in [0.25, 0.3) is 16.6 Å². The van der Waals surface area contributed by atoms with Gasteiger partial charge in [-0.05, 0) is 48.4 Å². The van der Waals surface area contributed by atoms with Crippen LogP contribution in [0.4, 0.5) is 10.8 Å². The van der Waals surface area contributed by atoms with Crippen LogP contribution in [0.2, 0.25) is 5.02 Å². The maximum Gasteiger partial charge on any atom is 0.269 e. The Morgan fingerprint density at radius 3 is 2.41 bits per heavy atom. The van der Waals surface area contributed by atoms with Crippen LogP contribution in [-0.4, -0.2) is 38.4 Å². The predicted octanol–water partition coefficient (Wildman–Crippen LogP) is 6.40. The summed E-state index contributed by atoms with van der Waals surface area (Å²) in [6.07, 6.45) is 3.04. The minimum Gasteiger partial charge on any atom is -0.332 e. The van der Waals surface area contributed by atoms with Gasteiger partial charge in [0.2, 0.25) is 16.9 Å². The van der Waals surface area contributed by atoms with E-state index in [0.717, 1.165) is 11.1 Å². The molecule has 0 aliphatic carbocycles. The number of rotatable bonds is 10. The van der Waals surface area contributed by atoms with E-state index >= 15 is 0 Å². The van der Waals surface area contributed by atoms with Crippen molar-refractivity contribution in [3.8, 4) is 10.6 Å². The number of amides is 2. The SMILES string of the molecule is C[C@@H](c1ccccc1)N(CCC(=O)Nc1nnc(-c2ccc(Cl)cc2)s1)C(=O)/C=C/c1ccc([N+](=O)[O-])cc1. The largest absolute Gasteiger partial charge is 0.332 e. The molecule has 0 radical (unpaired) electrons. The first-order valence-corrected chi connectivity index (χ1v) is 13.2. The first-order chi connectivity index (χ1) is 18.8. The average Bonchev–Trinajstić information content (AvgIpc) is 3.41. The van der Waals surface area contributed by atoms with Crippen molar-refractivity contribution in [2.45, 2.75) is 19.4 Å². The quantitative estimate of drug-likeness (QED) is 0.136.